The molecule has 0 amide bonds. The molecule has 7 nitrogen and oxygen atoms in total. The Labute approximate surface area is 164 Å². The van der Waals surface area contributed by atoms with Crippen molar-refractivity contribution in [2.75, 3.05) is 0 Å². The van der Waals surface area contributed by atoms with Crippen LogP contribution in [0.15, 0.2) is 15.9 Å². The van der Waals surface area contributed by atoms with Crippen molar-refractivity contribution in [2.24, 2.45) is 18.4 Å². The number of halogens is 3. The van der Waals surface area contributed by atoms with E-state index in [-0.39, 0.29) is 19.4 Å². The van der Waals surface area contributed by atoms with Gasteiger partial charge in [-0.25, -0.2) is 9.78 Å². The average Bonchev–Trinajstić information content (AvgIpc) is 3.36. The molecule has 2 aromatic heterocycles. The smallest absolute Gasteiger partial charge is 0.380 e. The Balaban J connectivity index is 1.68. The zero-order valence-electron chi connectivity index (χ0n) is 16.5. The number of hydrogen-bond acceptors (Lipinski definition) is 4. The number of fused-ring (bicyclic) bond motifs is 1. The Kier molecular flexibility index (Phi) is 4.49. The minimum Gasteiger partial charge on any atom is -0.380 e. The van der Waals surface area contributed by atoms with Gasteiger partial charge in [-0.3, -0.25) is 13.9 Å². The summed E-state index contributed by atoms with van der Waals surface area (Å²) in [6.07, 6.45) is -1.67. The minimum absolute atomic E-state index is 0.0109. The maximum absolute atomic E-state index is 13.1. The molecule has 0 aromatic carbocycles. The molecule has 160 valence electrons. The van der Waals surface area contributed by atoms with Crippen molar-refractivity contribution in [1.29, 1.82) is 0 Å². The molecule has 0 spiro atoms. The molecule has 2 fully saturated rings. The molecule has 2 heterocycles. The summed E-state index contributed by atoms with van der Waals surface area (Å²) in [4.78, 5) is 30.2. The SMILES string of the molecule is Cn1c(=O)n(CC2(C)CCC(O)(C(F)(F)F)CC2)c(=O)c2c1ncn2CC1CC1. The van der Waals surface area contributed by atoms with E-state index in [1.807, 2.05) is 0 Å². The van der Waals surface area contributed by atoms with E-state index in [1.165, 1.54) is 4.57 Å². The molecule has 2 aliphatic carbocycles. The van der Waals surface area contributed by atoms with E-state index in [9.17, 15) is 27.9 Å². The van der Waals surface area contributed by atoms with Gasteiger partial charge in [0.15, 0.2) is 16.8 Å². The highest BCUT2D eigenvalue weighted by atomic mass is 19.4. The van der Waals surface area contributed by atoms with Gasteiger partial charge in [0.25, 0.3) is 5.56 Å². The van der Waals surface area contributed by atoms with Crippen molar-refractivity contribution >= 4 is 11.2 Å². The number of aryl methyl sites for hydroxylation is 1. The van der Waals surface area contributed by atoms with Crippen LogP contribution in [0.4, 0.5) is 13.2 Å². The minimum atomic E-state index is -4.68. The van der Waals surface area contributed by atoms with Crippen LogP contribution in [0, 0.1) is 11.3 Å². The summed E-state index contributed by atoms with van der Waals surface area (Å²) >= 11 is 0. The lowest BCUT2D eigenvalue weighted by Gasteiger charge is -2.42. The number of aromatic nitrogens is 4. The van der Waals surface area contributed by atoms with Gasteiger partial charge >= 0.3 is 11.9 Å². The first kappa shape index (κ1) is 20.2. The van der Waals surface area contributed by atoms with E-state index in [0.29, 0.717) is 23.6 Å². The lowest BCUT2D eigenvalue weighted by Crippen LogP contribution is -2.51. The fourth-order valence-electron chi connectivity index (χ4n) is 4.27. The Bertz CT molecular complexity index is 1050. The summed E-state index contributed by atoms with van der Waals surface area (Å²) in [7, 11) is 1.54. The van der Waals surface area contributed by atoms with Crippen LogP contribution >= 0.6 is 0 Å². The summed E-state index contributed by atoms with van der Waals surface area (Å²) < 4.78 is 43.5. The van der Waals surface area contributed by atoms with Crippen molar-refractivity contribution in [1.82, 2.24) is 18.7 Å². The topological polar surface area (TPSA) is 82.0 Å². The lowest BCUT2D eigenvalue weighted by molar-refractivity contribution is -0.275. The first-order valence-electron chi connectivity index (χ1n) is 9.88. The predicted molar refractivity (Wildman–Crippen MR) is 99.5 cm³/mol. The molecular weight excluding hydrogens is 389 g/mol. The first-order chi connectivity index (χ1) is 13.4. The molecule has 0 bridgehead atoms. The zero-order valence-corrected chi connectivity index (χ0v) is 16.5. The molecule has 0 atom stereocenters. The quantitative estimate of drug-likeness (QED) is 0.832. The second-order valence-corrected chi connectivity index (χ2v) is 9.09. The van der Waals surface area contributed by atoms with Crippen LogP contribution in [-0.4, -0.2) is 35.6 Å². The Hall–Kier alpha value is -2.10. The monoisotopic (exact) mass is 414 g/mol. The van der Waals surface area contributed by atoms with E-state index in [1.54, 1.807) is 24.9 Å². The van der Waals surface area contributed by atoms with Crippen LogP contribution in [0.25, 0.3) is 11.2 Å². The molecule has 1 N–H and O–H groups in total. The van der Waals surface area contributed by atoms with Gasteiger partial charge < -0.3 is 9.67 Å². The van der Waals surface area contributed by atoms with Crippen LogP contribution in [0.5, 0.6) is 0 Å². The summed E-state index contributed by atoms with van der Waals surface area (Å²) in [5, 5.41) is 9.93. The number of imidazole rings is 1. The maximum Gasteiger partial charge on any atom is 0.417 e. The van der Waals surface area contributed by atoms with Crippen molar-refractivity contribution in [2.45, 2.75) is 70.3 Å². The van der Waals surface area contributed by atoms with Gasteiger partial charge in [-0.05, 0) is 49.9 Å². The Morgan fingerprint density at radius 1 is 1.21 bits per heavy atom. The van der Waals surface area contributed by atoms with Gasteiger partial charge in [-0.2, -0.15) is 13.2 Å². The summed E-state index contributed by atoms with van der Waals surface area (Å²) in [6, 6.07) is 0. The van der Waals surface area contributed by atoms with Gasteiger partial charge in [-0.15, -0.1) is 0 Å². The Morgan fingerprint density at radius 2 is 1.83 bits per heavy atom. The van der Waals surface area contributed by atoms with Gasteiger partial charge in [0.1, 0.15) is 0 Å². The fourth-order valence-corrected chi connectivity index (χ4v) is 4.27. The molecule has 10 heteroatoms. The van der Waals surface area contributed by atoms with Gasteiger partial charge in [0.2, 0.25) is 0 Å². The third-order valence-electron chi connectivity index (χ3n) is 6.61. The van der Waals surface area contributed by atoms with E-state index < -0.39 is 41.3 Å². The normalized spacial score (nSPS) is 28.2. The lowest BCUT2D eigenvalue weighted by atomic mass is 9.69. The molecule has 0 aliphatic heterocycles. The number of alkyl halides is 3. The van der Waals surface area contributed by atoms with Gasteiger partial charge in [0.05, 0.1) is 6.33 Å². The number of aliphatic hydroxyl groups is 1. The van der Waals surface area contributed by atoms with E-state index in [0.717, 1.165) is 17.4 Å². The van der Waals surface area contributed by atoms with Crippen molar-refractivity contribution < 1.29 is 18.3 Å². The summed E-state index contributed by atoms with van der Waals surface area (Å²) in [5.74, 6) is 0.508. The zero-order chi connectivity index (χ0) is 21.2. The molecule has 0 unspecified atom stereocenters. The van der Waals surface area contributed by atoms with Crippen LogP contribution < -0.4 is 11.2 Å². The number of rotatable bonds is 4. The standard InChI is InChI=1S/C19H25F3N4O3/c1-17(5-7-18(29,8-6-17)19(20,21)22)10-26-15(27)13-14(24(2)16(26)28)23-11-25(13)9-12-3-4-12/h11-12,29H,3-10H2,1-2H3. The average molecular weight is 414 g/mol. The molecule has 0 saturated heterocycles. The molecule has 2 saturated carbocycles. The van der Waals surface area contributed by atoms with Crippen LogP contribution in [0.1, 0.15) is 45.4 Å². The van der Waals surface area contributed by atoms with Crippen molar-refractivity contribution in [3.8, 4) is 0 Å². The Morgan fingerprint density at radius 3 is 2.38 bits per heavy atom. The molecule has 2 aliphatic rings. The molecular formula is C19H25F3N4O3. The third-order valence-corrected chi connectivity index (χ3v) is 6.61. The summed E-state index contributed by atoms with van der Waals surface area (Å²) in [6.45, 7) is 2.44. The second kappa shape index (κ2) is 6.45. The van der Waals surface area contributed by atoms with Gasteiger partial charge in [-0.1, -0.05) is 6.92 Å². The van der Waals surface area contributed by atoms with Crippen molar-refractivity contribution in [3.05, 3.63) is 27.2 Å². The molecule has 0 radical (unpaired) electrons. The molecule has 2 aromatic rings. The van der Waals surface area contributed by atoms with Crippen LogP contribution in [-0.2, 0) is 20.1 Å². The first-order valence-corrected chi connectivity index (χ1v) is 9.88. The predicted octanol–water partition coefficient (Wildman–Crippen LogP) is 2.18. The fraction of sp³-hybridized carbons (Fsp3) is 0.737. The van der Waals surface area contributed by atoms with Crippen LogP contribution in [0.2, 0.25) is 0 Å². The number of hydrogen-bond donors (Lipinski definition) is 1. The molecule has 4 rings (SSSR count). The second-order valence-electron chi connectivity index (χ2n) is 9.09. The van der Waals surface area contributed by atoms with Crippen LogP contribution in [0.3, 0.4) is 0 Å². The largest absolute Gasteiger partial charge is 0.417 e. The molecule has 29 heavy (non-hydrogen) atoms. The van der Waals surface area contributed by atoms with E-state index in [4.69, 9.17) is 0 Å². The van der Waals surface area contributed by atoms with Crippen molar-refractivity contribution in [3.63, 3.8) is 0 Å². The highest BCUT2D eigenvalue weighted by Gasteiger charge is 2.56. The maximum atomic E-state index is 13.1. The third kappa shape index (κ3) is 3.41. The van der Waals surface area contributed by atoms with Gasteiger partial charge in [0, 0.05) is 20.1 Å². The number of nitrogens with zero attached hydrogens (tertiary/aromatic N) is 4. The highest BCUT2D eigenvalue weighted by Crippen LogP contribution is 2.48. The highest BCUT2D eigenvalue weighted by molar-refractivity contribution is 5.70. The van der Waals surface area contributed by atoms with E-state index in [2.05, 4.69) is 4.98 Å². The summed E-state index contributed by atoms with van der Waals surface area (Å²) in [5.41, 5.74) is -3.71. The van der Waals surface area contributed by atoms with E-state index >= 15 is 0 Å².